The van der Waals surface area contributed by atoms with E-state index in [2.05, 4.69) is 5.32 Å². The molecular formula is C15H19F3N2O. The van der Waals surface area contributed by atoms with Crippen LogP contribution in [0.25, 0.3) is 0 Å². The lowest BCUT2D eigenvalue weighted by atomic mass is 10.0. The maximum atomic E-state index is 12.9. The Morgan fingerprint density at radius 3 is 2.52 bits per heavy atom. The van der Waals surface area contributed by atoms with Crippen LogP contribution in [0.1, 0.15) is 43.2 Å². The number of amides is 1. The summed E-state index contributed by atoms with van der Waals surface area (Å²) >= 11 is 0. The zero-order valence-electron chi connectivity index (χ0n) is 11.7. The molecular weight excluding hydrogens is 281 g/mol. The second-order valence-electron chi connectivity index (χ2n) is 5.48. The molecule has 1 saturated carbocycles. The van der Waals surface area contributed by atoms with Crippen molar-refractivity contribution in [3.63, 3.8) is 0 Å². The van der Waals surface area contributed by atoms with Crippen LogP contribution in [0.5, 0.6) is 0 Å². The molecule has 2 rings (SSSR count). The smallest absolute Gasteiger partial charge is 0.326 e. The number of anilines is 1. The summed E-state index contributed by atoms with van der Waals surface area (Å²) in [6.07, 6.45) is 0.199. The summed E-state index contributed by atoms with van der Waals surface area (Å²) in [5, 5.41) is 2.55. The minimum absolute atomic E-state index is 0.0243. The zero-order chi connectivity index (χ0) is 15.5. The van der Waals surface area contributed by atoms with Gasteiger partial charge in [0.05, 0.1) is 5.56 Å². The molecule has 1 aromatic carbocycles. The van der Waals surface area contributed by atoms with Crippen LogP contribution in [0.15, 0.2) is 18.2 Å². The van der Waals surface area contributed by atoms with Crippen LogP contribution in [-0.2, 0) is 17.5 Å². The van der Waals surface area contributed by atoms with E-state index in [-0.39, 0.29) is 23.7 Å². The predicted molar refractivity (Wildman–Crippen MR) is 74.5 cm³/mol. The molecule has 0 bridgehead atoms. The van der Waals surface area contributed by atoms with E-state index in [1.807, 2.05) is 0 Å². The van der Waals surface area contributed by atoms with Gasteiger partial charge in [0.15, 0.2) is 0 Å². The number of carbonyl (C=O) groups excluding carboxylic acids is 1. The molecule has 0 spiro atoms. The van der Waals surface area contributed by atoms with Gasteiger partial charge < -0.3 is 11.1 Å². The molecule has 0 atom stereocenters. The van der Waals surface area contributed by atoms with E-state index in [1.165, 1.54) is 12.1 Å². The maximum absolute atomic E-state index is 12.9. The Morgan fingerprint density at radius 1 is 1.29 bits per heavy atom. The lowest BCUT2D eigenvalue weighted by Gasteiger charge is -2.15. The monoisotopic (exact) mass is 300 g/mol. The standard InChI is InChI=1S/C15H19F3N2O/c16-15(17,18)13-8-12(6-5-11(13)9-19)20-14(21)7-10-3-1-2-4-10/h5-6,8,10H,1-4,7,9,19H2,(H,20,21). The lowest BCUT2D eigenvalue weighted by molar-refractivity contribution is -0.138. The van der Waals surface area contributed by atoms with E-state index >= 15 is 0 Å². The third-order valence-electron chi connectivity index (χ3n) is 3.87. The molecule has 0 aliphatic heterocycles. The van der Waals surface area contributed by atoms with Gasteiger partial charge in [0.1, 0.15) is 0 Å². The first-order valence-corrected chi connectivity index (χ1v) is 7.10. The predicted octanol–water partition coefficient (Wildman–Crippen LogP) is 3.68. The third-order valence-corrected chi connectivity index (χ3v) is 3.87. The minimum Gasteiger partial charge on any atom is -0.326 e. The van der Waals surface area contributed by atoms with Gasteiger partial charge in [-0.15, -0.1) is 0 Å². The van der Waals surface area contributed by atoms with Crippen molar-refractivity contribution >= 4 is 11.6 Å². The lowest BCUT2D eigenvalue weighted by Crippen LogP contribution is -2.17. The Kier molecular flexibility index (Phi) is 4.88. The zero-order valence-corrected chi connectivity index (χ0v) is 11.7. The van der Waals surface area contributed by atoms with E-state index in [0.29, 0.717) is 12.3 Å². The highest BCUT2D eigenvalue weighted by Crippen LogP contribution is 2.34. The van der Waals surface area contributed by atoms with Gasteiger partial charge in [-0.05, 0) is 36.5 Å². The van der Waals surface area contributed by atoms with Crippen LogP contribution in [0, 0.1) is 5.92 Å². The van der Waals surface area contributed by atoms with Gasteiger partial charge in [0.2, 0.25) is 5.91 Å². The van der Waals surface area contributed by atoms with Crippen molar-refractivity contribution < 1.29 is 18.0 Å². The van der Waals surface area contributed by atoms with Crippen molar-refractivity contribution in [2.24, 2.45) is 11.7 Å². The van der Waals surface area contributed by atoms with Crippen LogP contribution in [-0.4, -0.2) is 5.91 Å². The quantitative estimate of drug-likeness (QED) is 0.891. The van der Waals surface area contributed by atoms with E-state index in [4.69, 9.17) is 5.73 Å². The van der Waals surface area contributed by atoms with Crippen molar-refractivity contribution in [2.45, 2.75) is 44.8 Å². The molecule has 0 radical (unpaired) electrons. The number of hydrogen-bond acceptors (Lipinski definition) is 2. The van der Waals surface area contributed by atoms with E-state index in [1.54, 1.807) is 0 Å². The second-order valence-corrected chi connectivity index (χ2v) is 5.48. The SMILES string of the molecule is NCc1ccc(NC(=O)CC2CCCC2)cc1C(F)(F)F. The number of benzene rings is 1. The topological polar surface area (TPSA) is 55.1 Å². The molecule has 6 heteroatoms. The summed E-state index contributed by atoms with van der Waals surface area (Å²) in [7, 11) is 0. The molecule has 116 valence electrons. The van der Waals surface area contributed by atoms with Gasteiger partial charge in [-0.1, -0.05) is 18.9 Å². The van der Waals surface area contributed by atoms with Gasteiger partial charge in [0, 0.05) is 18.7 Å². The van der Waals surface area contributed by atoms with Gasteiger partial charge in [0.25, 0.3) is 0 Å². The number of nitrogens with one attached hydrogen (secondary N) is 1. The fraction of sp³-hybridized carbons (Fsp3) is 0.533. The highest BCUT2D eigenvalue weighted by Gasteiger charge is 2.33. The van der Waals surface area contributed by atoms with Crippen molar-refractivity contribution in [2.75, 3.05) is 5.32 Å². The first-order chi connectivity index (χ1) is 9.90. The maximum Gasteiger partial charge on any atom is 0.416 e. The summed E-state index contributed by atoms with van der Waals surface area (Å²) in [6.45, 7) is -0.189. The van der Waals surface area contributed by atoms with Crippen LogP contribution in [0.3, 0.4) is 0 Å². The fourth-order valence-electron chi connectivity index (χ4n) is 2.78. The summed E-state index contributed by atoms with van der Waals surface area (Å²) in [5.41, 5.74) is 4.73. The number of carbonyl (C=O) groups is 1. The molecule has 0 aromatic heterocycles. The van der Waals surface area contributed by atoms with Crippen molar-refractivity contribution in [1.82, 2.24) is 0 Å². The second kappa shape index (κ2) is 6.47. The summed E-state index contributed by atoms with van der Waals surface area (Å²) < 4.78 is 38.7. The largest absolute Gasteiger partial charge is 0.416 e. The molecule has 1 aliphatic rings. The number of rotatable bonds is 4. The van der Waals surface area contributed by atoms with E-state index < -0.39 is 11.7 Å². The minimum atomic E-state index is -4.47. The van der Waals surface area contributed by atoms with Crippen LogP contribution < -0.4 is 11.1 Å². The van der Waals surface area contributed by atoms with Gasteiger partial charge in [-0.3, -0.25) is 4.79 Å². The first-order valence-electron chi connectivity index (χ1n) is 7.10. The van der Waals surface area contributed by atoms with Crippen LogP contribution in [0.2, 0.25) is 0 Å². The Bertz CT molecular complexity index is 508. The van der Waals surface area contributed by atoms with Gasteiger partial charge >= 0.3 is 6.18 Å². The highest BCUT2D eigenvalue weighted by molar-refractivity contribution is 5.91. The Balaban J connectivity index is 2.07. The Labute approximate surface area is 121 Å². The number of nitrogens with two attached hydrogens (primary N) is 1. The fourth-order valence-corrected chi connectivity index (χ4v) is 2.78. The van der Waals surface area contributed by atoms with Crippen molar-refractivity contribution in [3.8, 4) is 0 Å². The number of alkyl halides is 3. The van der Waals surface area contributed by atoms with Crippen LogP contribution >= 0.6 is 0 Å². The average Bonchev–Trinajstić information content (AvgIpc) is 2.90. The molecule has 0 unspecified atom stereocenters. The first kappa shape index (κ1) is 15.8. The average molecular weight is 300 g/mol. The van der Waals surface area contributed by atoms with E-state index in [9.17, 15) is 18.0 Å². The molecule has 3 nitrogen and oxygen atoms in total. The van der Waals surface area contributed by atoms with Crippen LogP contribution in [0.4, 0.5) is 18.9 Å². The summed E-state index contributed by atoms with van der Waals surface area (Å²) in [5.74, 6) is 0.130. The molecule has 0 heterocycles. The third kappa shape index (κ3) is 4.20. The Hall–Kier alpha value is -1.56. The number of hydrogen-bond donors (Lipinski definition) is 2. The summed E-state index contributed by atoms with van der Waals surface area (Å²) in [6, 6.07) is 3.73. The highest BCUT2D eigenvalue weighted by atomic mass is 19.4. The van der Waals surface area contributed by atoms with E-state index in [0.717, 1.165) is 31.7 Å². The molecule has 0 saturated heterocycles. The molecule has 1 aliphatic carbocycles. The number of halogens is 3. The summed E-state index contributed by atoms with van der Waals surface area (Å²) in [4.78, 5) is 11.9. The molecule has 1 fully saturated rings. The van der Waals surface area contributed by atoms with Crippen molar-refractivity contribution in [3.05, 3.63) is 29.3 Å². The molecule has 3 N–H and O–H groups in total. The van der Waals surface area contributed by atoms with Crippen molar-refractivity contribution in [1.29, 1.82) is 0 Å². The Morgan fingerprint density at radius 2 is 1.95 bits per heavy atom. The normalized spacial score (nSPS) is 16.2. The van der Waals surface area contributed by atoms with Gasteiger partial charge in [-0.2, -0.15) is 13.2 Å². The molecule has 21 heavy (non-hydrogen) atoms. The molecule has 1 aromatic rings. The molecule has 1 amide bonds. The van der Waals surface area contributed by atoms with Gasteiger partial charge in [-0.25, -0.2) is 0 Å².